The summed E-state index contributed by atoms with van der Waals surface area (Å²) < 4.78 is 76.8. The standard InChI is InChI=1S/C21H17ClF5NO3S/c22-13-5-1-12(2-6-13)18-16(19(32-28-18)21(25,26)27)10-31-14-7-3-11(4-8-17(29)30)15(9-14)20(23)24/h1,3,5,7,9,20H,2,4,6,8,10H2,(H,29,30). The third-order valence-corrected chi connectivity index (χ3v) is 6.04. The highest BCUT2D eigenvalue weighted by Gasteiger charge is 2.38. The molecule has 4 nitrogen and oxygen atoms in total. The highest BCUT2D eigenvalue weighted by Crippen LogP contribution is 2.41. The van der Waals surface area contributed by atoms with Crippen molar-refractivity contribution in [1.82, 2.24) is 4.37 Å². The molecule has 0 radical (unpaired) electrons. The van der Waals surface area contributed by atoms with Gasteiger partial charge < -0.3 is 9.84 Å². The summed E-state index contributed by atoms with van der Waals surface area (Å²) in [6.07, 6.45) is -3.87. The molecular weight excluding hydrogens is 477 g/mol. The van der Waals surface area contributed by atoms with Crippen molar-refractivity contribution in [1.29, 1.82) is 0 Å². The van der Waals surface area contributed by atoms with E-state index in [1.165, 1.54) is 12.1 Å². The quantitative estimate of drug-likeness (QED) is 0.402. The lowest BCUT2D eigenvalue weighted by Crippen LogP contribution is -2.10. The molecule has 11 heteroatoms. The molecule has 32 heavy (non-hydrogen) atoms. The van der Waals surface area contributed by atoms with E-state index in [-0.39, 0.29) is 35.4 Å². The molecule has 1 aliphatic carbocycles. The fourth-order valence-electron chi connectivity index (χ4n) is 3.22. The van der Waals surface area contributed by atoms with Crippen LogP contribution in [0, 0.1) is 0 Å². The van der Waals surface area contributed by atoms with E-state index in [1.54, 1.807) is 12.2 Å². The number of hydrogen-bond donors (Lipinski definition) is 1. The number of aryl methyl sites for hydroxylation is 1. The van der Waals surface area contributed by atoms with Gasteiger partial charge in [0.25, 0.3) is 6.43 Å². The third kappa shape index (κ3) is 5.86. The van der Waals surface area contributed by atoms with Gasteiger partial charge in [0, 0.05) is 22.6 Å². The van der Waals surface area contributed by atoms with Gasteiger partial charge in [-0.15, -0.1) is 0 Å². The summed E-state index contributed by atoms with van der Waals surface area (Å²) in [5.74, 6) is -1.18. The Labute approximate surface area is 189 Å². The van der Waals surface area contributed by atoms with E-state index in [0.29, 0.717) is 35.0 Å². The maximum atomic E-state index is 13.5. The lowest BCUT2D eigenvalue weighted by atomic mass is 9.98. The van der Waals surface area contributed by atoms with Crippen molar-refractivity contribution >= 4 is 34.7 Å². The second-order valence-corrected chi connectivity index (χ2v) is 8.24. The molecule has 0 saturated carbocycles. The number of aliphatic carboxylic acids is 1. The van der Waals surface area contributed by atoms with Crippen LogP contribution >= 0.6 is 23.1 Å². The number of allylic oxidation sites excluding steroid dienone is 4. The van der Waals surface area contributed by atoms with E-state index < -0.39 is 35.6 Å². The van der Waals surface area contributed by atoms with Gasteiger partial charge in [0.15, 0.2) is 0 Å². The van der Waals surface area contributed by atoms with Crippen LogP contribution in [0.25, 0.3) is 5.57 Å². The van der Waals surface area contributed by atoms with Crippen LogP contribution in [0.4, 0.5) is 22.0 Å². The zero-order chi connectivity index (χ0) is 23.5. The minimum absolute atomic E-state index is 0.0507. The Morgan fingerprint density at radius 2 is 2.00 bits per heavy atom. The number of aromatic nitrogens is 1. The second-order valence-electron chi connectivity index (χ2n) is 6.99. The number of nitrogens with zero attached hydrogens (tertiary/aromatic N) is 1. The minimum atomic E-state index is -4.65. The maximum absolute atomic E-state index is 13.5. The van der Waals surface area contributed by atoms with E-state index in [0.717, 1.165) is 6.07 Å². The number of carbonyl (C=O) groups is 1. The molecule has 0 amide bonds. The highest BCUT2D eigenvalue weighted by atomic mass is 35.5. The predicted molar refractivity (Wildman–Crippen MR) is 110 cm³/mol. The van der Waals surface area contributed by atoms with Crippen LogP contribution in [0.3, 0.4) is 0 Å². The largest absolute Gasteiger partial charge is 0.489 e. The summed E-state index contributed by atoms with van der Waals surface area (Å²) in [7, 11) is 0. The fraction of sp³-hybridized carbons (Fsp3) is 0.333. The van der Waals surface area contributed by atoms with E-state index in [9.17, 15) is 26.7 Å². The van der Waals surface area contributed by atoms with Gasteiger partial charge in [-0.3, -0.25) is 4.79 Å². The van der Waals surface area contributed by atoms with Crippen molar-refractivity contribution in [3.8, 4) is 5.75 Å². The SMILES string of the molecule is O=C(O)CCc1ccc(OCc2c(C3=CC=C(Cl)CC3)nsc2C(F)(F)F)cc1C(F)F. The average Bonchev–Trinajstić information content (AvgIpc) is 3.16. The van der Waals surface area contributed by atoms with Gasteiger partial charge in [0.05, 0.1) is 5.69 Å². The van der Waals surface area contributed by atoms with E-state index in [4.69, 9.17) is 21.4 Å². The van der Waals surface area contributed by atoms with Crippen molar-refractivity contribution in [3.05, 3.63) is 62.6 Å². The summed E-state index contributed by atoms with van der Waals surface area (Å²) in [4.78, 5) is 9.81. The van der Waals surface area contributed by atoms with Crippen LogP contribution in [0.5, 0.6) is 5.75 Å². The Balaban J connectivity index is 1.88. The van der Waals surface area contributed by atoms with Gasteiger partial charge in [-0.1, -0.05) is 23.7 Å². The van der Waals surface area contributed by atoms with Crippen LogP contribution in [-0.2, 0) is 24.0 Å². The molecule has 1 heterocycles. The van der Waals surface area contributed by atoms with Gasteiger partial charge in [-0.25, -0.2) is 8.78 Å². The van der Waals surface area contributed by atoms with Crippen molar-refractivity contribution in [2.24, 2.45) is 0 Å². The monoisotopic (exact) mass is 493 g/mol. The van der Waals surface area contributed by atoms with Crippen LogP contribution in [-0.4, -0.2) is 15.4 Å². The molecule has 1 aromatic carbocycles. The number of hydrogen-bond acceptors (Lipinski definition) is 4. The first-order valence-corrected chi connectivity index (χ1v) is 10.6. The van der Waals surface area contributed by atoms with E-state index >= 15 is 0 Å². The van der Waals surface area contributed by atoms with Crippen LogP contribution in [0.15, 0.2) is 35.4 Å². The maximum Gasteiger partial charge on any atom is 0.427 e. The molecule has 1 aliphatic rings. The summed E-state index contributed by atoms with van der Waals surface area (Å²) in [6.45, 7) is -0.521. The zero-order valence-electron chi connectivity index (χ0n) is 16.4. The van der Waals surface area contributed by atoms with Gasteiger partial charge in [0.1, 0.15) is 17.2 Å². The second kappa shape index (κ2) is 9.99. The summed E-state index contributed by atoms with van der Waals surface area (Å²) >= 11 is 6.23. The van der Waals surface area contributed by atoms with Crippen LogP contribution in [0.2, 0.25) is 0 Å². The van der Waals surface area contributed by atoms with Crippen molar-refractivity contribution in [2.45, 2.75) is 44.9 Å². The van der Waals surface area contributed by atoms with E-state index in [2.05, 4.69) is 4.37 Å². The topological polar surface area (TPSA) is 59.4 Å². The Hall–Kier alpha value is -2.46. The first kappa shape index (κ1) is 24.2. The molecule has 0 bridgehead atoms. The molecule has 1 N–H and O–H groups in total. The van der Waals surface area contributed by atoms with Crippen molar-refractivity contribution in [3.63, 3.8) is 0 Å². The Morgan fingerprint density at radius 3 is 2.59 bits per heavy atom. The summed E-state index contributed by atoms with van der Waals surface area (Å²) in [5, 5.41) is 9.35. The fourth-order valence-corrected chi connectivity index (χ4v) is 4.15. The molecular formula is C21H17ClF5NO3S. The molecule has 1 aromatic heterocycles. The Morgan fingerprint density at radius 1 is 1.25 bits per heavy atom. The number of carboxylic acids is 1. The van der Waals surface area contributed by atoms with Gasteiger partial charge in [-0.2, -0.15) is 17.5 Å². The number of carboxylic acid groups (broad SMARTS) is 1. The summed E-state index contributed by atoms with van der Waals surface area (Å²) in [5.41, 5.74) is 0.276. The molecule has 0 unspecified atom stereocenters. The molecule has 0 aliphatic heterocycles. The molecule has 172 valence electrons. The molecule has 2 aromatic rings. The molecule has 3 rings (SSSR count). The molecule has 0 saturated heterocycles. The minimum Gasteiger partial charge on any atom is -0.489 e. The number of halogens is 6. The third-order valence-electron chi connectivity index (χ3n) is 4.79. The van der Waals surface area contributed by atoms with Crippen LogP contribution < -0.4 is 4.74 Å². The highest BCUT2D eigenvalue weighted by molar-refractivity contribution is 7.06. The molecule has 0 fully saturated rings. The number of benzene rings is 1. The predicted octanol–water partition coefficient (Wildman–Crippen LogP) is 7.00. The first-order chi connectivity index (χ1) is 15.1. The van der Waals surface area contributed by atoms with Crippen molar-refractivity contribution in [2.75, 3.05) is 0 Å². The molecule has 0 atom stereocenters. The van der Waals surface area contributed by atoms with Gasteiger partial charge in [-0.05, 0) is 60.1 Å². The number of ether oxygens (including phenoxy) is 1. The van der Waals surface area contributed by atoms with Crippen LogP contribution in [0.1, 0.15) is 52.9 Å². The lowest BCUT2D eigenvalue weighted by molar-refractivity contribution is -0.137. The molecule has 0 spiro atoms. The summed E-state index contributed by atoms with van der Waals surface area (Å²) in [6, 6.07) is 3.66. The number of alkyl halides is 5. The zero-order valence-corrected chi connectivity index (χ0v) is 18.0. The van der Waals surface area contributed by atoms with Crippen molar-refractivity contribution < 1.29 is 36.6 Å². The smallest absolute Gasteiger partial charge is 0.427 e. The Kier molecular flexibility index (Phi) is 7.55. The van der Waals surface area contributed by atoms with E-state index in [1.807, 2.05) is 0 Å². The average molecular weight is 494 g/mol. The normalized spacial score (nSPS) is 14.3. The number of rotatable bonds is 8. The van der Waals surface area contributed by atoms with Gasteiger partial charge in [0.2, 0.25) is 0 Å². The Bertz CT molecular complexity index is 1060. The lowest BCUT2D eigenvalue weighted by Gasteiger charge is -2.15. The van der Waals surface area contributed by atoms with Gasteiger partial charge >= 0.3 is 12.1 Å². The first-order valence-electron chi connectivity index (χ1n) is 9.43.